The molecule has 0 spiro atoms. The van der Waals surface area contributed by atoms with E-state index >= 15 is 0 Å². The van der Waals surface area contributed by atoms with Crippen LogP contribution in [-0.2, 0) is 21.5 Å². The molecule has 2 atom stereocenters. The topological polar surface area (TPSA) is 123 Å². The van der Waals surface area contributed by atoms with Gasteiger partial charge in [-0.25, -0.2) is 18.4 Å². The standard InChI is InChI=1S/C16H20FN5O4S/c17-10-5-9(7-18-16-19-11-3-1-2-4-12(11)20-16)6-13(23)15(10)22-8-14(24)21-27(22,25)26/h5-6,11-12,23H,1-4,7-8H2,(H,21,24)(H2,18,19,20). The Labute approximate surface area is 155 Å². The van der Waals surface area contributed by atoms with Gasteiger partial charge in [-0.1, -0.05) is 12.8 Å². The highest BCUT2D eigenvalue weighted by atomic mass is 32.2. The van der Waals surface area contributed by atoms with Gasteiger partial charge < -0.3 is 15.7 Å². The highest BCUT2D eigenvalue weighted by Gasteiger charge is 2.37. The van der Waals surface area contributed by atoms with E-state index in [4.69, 9.17) is 0 Å². The predicted octanol–water partition coefficient (Wildman–Crippen LogP) is 0.0723. The largest absolute Gasteiger partial charge is 0.506 e. The Bertz CT molecular complexity index is 880. The van der Waals surface area contributed by atoms with Gasteiger partial charge in [0, 0.05) is 12.1 Å². The van der Waals surface area contributed by atoms with Crippen molar-refractivity contribution >= 4 is 27.8 Å². The van der Waals surface area contributed by atoms with Gasteiger partial charge in [-0.15, -0.1) is 0 Å². The molecule has 3 aliphatic rings. The number of hydrogen-bond acceptors (Lipinski definition) is 5. The van der Waals surface area contributed by atoms with Crippen LogP contribution >= 0.6 is 0 Å². The fourth-order valence-corrected chi connectivity index (χ4v) is 4.92. The van der Waals surface area contributed by atoms with E-state index in [1.165, 1.54) is 18.9 Å². The van der Waals surface area contributed by atoms with Crippen LogP contribution in [0.1, 0.15) is 31.2 Å². The van der Waals surface area contributed by atoms with Crippen LogP contribution in [-0.4, -0.2) is 44.0 Å². The maximum absolute atomic E-state index is 14.5. The molecular formula is C16H20FN5O4S. The molecule has 4 N–H and O–H groups in total. The molecule has 0 radical (unpaired) electrons. The summed E-state index contributed by atoms with van der Waals surface area (Å²) in [5.74, 6) is -1.64. The molecule has 1 aliphatic carbocycles. The maximum atomic E-state index is 14.5. The number of anilines is 1. The summed E-state index contributed by atoms with van der Waals surface area (Å²) in [6.07, 6.45) is 4.52. The Morgan fingerprint density at radius 1 is 1.22 bits per heavy atom. The number of carbonyl (C=O) groups is 1. The highest BCUT2D eigenvalue weighted by Crippen LogP contribution is 2.34. The molecule has 0 bridgehead atoms. The fourth-order valence-electron chi connectivity index (χ4n) is 3.75. The minimum atomic E-state index is -4.20. The summed E-state index contributed by atoms with van der Waals surface area (Å²) in [4.78, 5) is 15.7. The van der Waals surface area contributed by atoms with Crippen molar-refractivity contribution < 1.29 is 22.7 Å². The van der Waals surface area contributed by atoms with E-state index in [-0.39, 0.29) is 6.54 Å². The minimum Gasteiger partial charge on any atom is -0.506 e. The van der Waals surface area contributed by atoms with Gasteiger partial charge in [0.2, 0.25) is 0 Å². The van der Waals surface area contributed by atoms with Crippen LogP contribution in [0.5, 0.6) is 5.75 Å². The monoisotopic (exact) mass is 397 g/mol. The molecule has 1 amide bonds. The molecule has 2 heterocycles. The fraction of sp³-hybridized carbons (Fsp3) is 0.500. The van der Waals surface area contributed by atoms with Crippen LogP contribution in [0.15, 0.2) is 17.1 Å². The minimum absolute atomic E-state index is 0.115. The van der Waals surface area contributed by atoms with Gasteiger partial charge in [0.15, 0.2) is 11.8 Å². The normalized spacial score (nSPS) is 26.2. The third kappa shape index (κ3) is 3.38. The van der Waals surface area contributed by atoms with E-state index in [1.54, 1.807) is 4.72 Å². The molecule has 4 rings (SSSR count). The molecule has 146 valence electrons. The highest BCUT2D eigenvalue weighted by molar-refractivity contribution is 7.92. The first-order valence-corrected chi connectivity index (χ1v) is 10.2. The van der Waals surface area contributed by atoms with Crippen molar-refractivity contribution in [2.75, 3.05) is 10.8 Å². The number of fused-ring (bicyclic) bond motifs is 1. The van der Waals surface area contributed by atoms with Gasteiger partial charge in [0.1, 0.15) is 18.0 Å². The van der Waals surface area contributed by atoms with Crippen LogP contribution in [0, 0.1) is 5.82 Å². The van der Waals surface area contributed by atoms with E-state index < -0.39 is 39.9 Å². The Morgan fingerprint density at radius 2 is 1.89 bits per heavy atom. The predicted molar refractivity (Wildman–Crippen MR) is 95.9 cm³/mol. The molecule has 3 fully saturated rings. The smallest absolute Gasteiger partial charge is 0.326 e. The second kappa shape index (κ2) is 6.55. The summed E-state index contributed by atoms with van der Waals surface area (Å²) in [5.41, 5.74) is -0.163. The Balaban J connectivity index is 1.52. The molecule has 27 heavy (non-hydrogen) atoms. The lowest BCUT2D eigenvalue weighted by atomic mass is 9.92. The van der Waals surface area contributed by atoms with Gasteiger partial charge in [-0.05, 0) is 30.5 Å². The van der Waals surface area contributed by atoms with Crippen LogP contribution < -0.4 is 19.7 Å². The molecule has 2 unspecified atom stereocenters. The number of guanidine groups is 1. The van der Waals surface area contributed by atoms with Crippen molar-refractivity contribution in [3.8, 4) is 5.75 Å². The van der Waals surface area contributed by atoms with E-state index in [0.717, 1.165) is 18.9 Å². The molecule has 9 nitrogen and oxygen atoms in total. The summed E-state index contributed by atoms with van der Waals surface area (Å²) in [6, 6.07) is 3.08. The number of rotatable bonds is 3. The third-order valence-corrected chi connectivity index (χ3v) is 6.38. The van der Waals surface area contributed by atoms with E-state index in [0.29, 0.717) is 27.9 Å². The second-order valence-corrected chi connectivity index (χ2v) is 8.53. The second-order valence-electron chi connectivity index (χ2n) is 6.93. The number of benzene rings is 1. The van der Waals surface area contributed by atoms with E-state index in [9.17, 15) is 22.7 Å². The quantitative estimate of drug-likeness (QED) is 0.573. The SMILES string of the molecule is O=C1CN(c2c(O)cc(CN=C3NC4CCCCC4N3)cc2F)S(=O)(=O)N1. The summed E-state index contributed by atoms with van der Waals surface area (Å²) < 4.78 is 40.5. The number of hydrogen-bond donors (Lipinski definition) is 4. The molecule has 2 saturated heterocycles. The number of carbonyl (C=O) groups excluding carboxylic acids is 1. The van der Waals surface area contributed by atoms with Gasteiger partial charge in [0.25, 0.3) is 5.91 Å². The first kappa shape index (κ1) is 17.8. The Hall–Kier alpha value is -2.56. The molecule has 1 aromatic carbocycles. The number of phenols is 1. The lowest BCUT2D eigenvalue weighted by molar-refractivity contribution is -0.117. The van der Waals surface area contributed by atoms with Gasteiger partial charge >= 0.3 is 10.2 Å². The molecule has 1 aromatic rings. The zero-order chi connectivity index (χ0) is 19.2. The number of nitrogens with one attached hydrogen (secondary N) is 3. The van der Waals surface area contributed by atoms with Crippen molar-refractivity contribution in [1.82, 2.24) is 15.4 Å². The number of nitrogens with zero attached hydrogens (tertiary/aromatic N) is 2. The summed E-state index contributed by atoms with van der Waals surface area (Å²) in [6.45, 7) is -0.464. The first-order chi connectivity index (χ1) is 12.8. The molecule has 11 heteroatoms. The maximum Gasteiger partial charge on any atom is 0.326 e. The summed E-state index contributed by atoms with van der Waals surface area (Å²) in [7, 11) is -4.20. The van der Waals surface area contributed by atoms with Crippen molar-refractivity contribution in [2.45, 2.75) is 44.3 Å². The van der Waals surface area contributed by atoms with Crippen molar-refractivity contribution in [1.29, 1.82) is 0 Å². The van der Waals surface area contributed by atoms with Crippen LogP contribution in [0.3, 0.4) is 0 Å². The van der Waals surface area contributed by atoms with Crippen molar-refractivity contribution in [3.05, 3.63) is 23.5 Å². The van der Waals surface area contributed by atoms with E-state index in [2.05, 4.69) is 15.6 Å². The number of aromatic hydroxyl groups is 1. The first-order valence-electron chi connectivity index (χ1n) is 8.76. The van der Waals surface area contributed by atoms with Gasteiger partial charge in [0.05, 0.1) is 6.54 Å². The average molecular weight is 397 g/mol. The zero-order valence-electron chi connectivity index (χ0n) is 14.4. The molecule has 1 saturated carbocycles. The van der Waals surface area contributed by atoms with Crippen LogP contribution in [0.4, 0.5) is 10.1 Å². The van der Waals surface area contributed by atoms with Gasteiger partial charge in [-0.2, -0.15) is 8.42 Å². The van der Waals surface area contributed by atoms with Crippen molar-refractivity contribution in [2.24, 2.45) is 4.99 Å². The van der Waals surface area contributed by atoms with Crippen LogP contribution in [0.25, 0.3) is 0 Å². The molecular weight excluding hydrogens is 377 g/mol. The summed E-state index contributed by atoms with van der Waals surface area (Å²) >= 11 is 0. The summed E-state index contributed by atoms with van der Waals surface area (Å²) in [5, 5.41) is 16.8. The van der Waals surface area contributed by atoms with Gasteiger partial charge in [-0.3, -0.25) is 4.79 Å². The van der Waals surface area contributed by atoms with Crippen LogP contribution in [0.2, 0.25) is 0 Å². The zero-order valence-corrected chi connectivity index (χ0v) is 15.2. The number of phenolic OH excluding ortho intramolecular Hbond substituents is 1. The lowest BCUT2D eigenvalue weighted by Crippen LogP contribution is -2.36. The molecule has 0 aromatic heterocycles. The van der Waals surface area contributed by atoms with E-state index in [1.807, 2.05) is 0 Å². The average Bonchev–Trinajstić information content (AvgIpc) is 3.12. The Morgan fingerprint density at radius 3 is 2.44 bits per heavy atom. The number of halogens is 1. The number of aliphatic imine (C=N–C) groups is 1. The lowest BCUT2D eigenvalue weighted by Gasteiger charge is -2.23. The molecule has 2 aliphatic heterocycles. The van der Waals surface area contributed by atoms with Crippen molar-refractivity contribution in [3.63, 3.8) is 0 Å². The third-order valence-electron chi connectivity index (χ3n) is 5.00. The number of amides is 1. The Kier molecular flexibility index (Phi) is 4.33.